The molecule has 0 aliphatic rings. The van der Waals surface area contributed by atoms with Crippen LogP contribution in [-0.4, -0.2) is 33.4 Å². The van der Waals surface area contributed by atoms with Crippen molar-refractivity contribution < 1.29 is 26.5 Å². The molecule has 1 aromatic heterocycles. The van der Waals surface area contributed by atoms with Crippen LogP contribution in [0.1, 0.15) is 25.3 Å². The van der Waals surface area contributed by atoms with Gasteiger partial charge in [-0.2, -0.15) is 4.57 Å². The van der Waals surface area contributed by atoms with E-state index in [1.54, 1.807) is 7.11 Å². The first-order chi connectivity index (χ1) is 11.8. The van der Waals surface area contributed by atoms with E-state index in [0.717, 1.165) is 25.8 Å². The number of hydrogen-bond donors (Lipinski definition) is 0. The molecule has 0 saturated heterocycles. The summed E-state index contributed by atoms with van der Waals surface area (Å²) in [6.07, 6.45) is 5.54. The van der Waals surface area contributed by atoms with E-state index >= 15 is 0 Å². The zero-order chi connectivity index (χ0) is 19.0. The predicted octanol–water partition coefficient (Wildman–Crippen LogP) is 3.42. The molecule has 0 spiro atoms. The lowest BCUT2D eigenvalue weighted by Crippen LogP contribution is -2.33. The number of fused-ring (bicyclic) bond motifs is 1. The highest BCUT2D eigenvalue weighted by Gasteiger charge is 2.18. The van der Waals surface area contributed by atoms with Gasteiger partial charge >= 0.3 is 0 Å². The average Bonchev–Trinajstić information content (AvgIpc) is 2.95. The largest absolute Gasteiger partial charge is 0.726 e. The molecule has 140 valence electrons. The van der Waals surface area contributed by atoms with Gasteiger partial charge in [-0.25, -0.2) is 8.42 Å². The summed E-state index contributed by atoms with van der Waals surface area (Å²) in [5.41, 5.74) is 1.26. The Bertz CT molecular complexity index is 822. The third-order valence-electron chi connectivity index (χ3n) is 3.35. The zero-order valence-electron chi connectivity index (χ0n) is 14.9. The Morgan fingerprint density at radius 3 is 2.44 bits per heavy atom. The Morgan fingerprint density at radius 2 is 2.00 bits per heavy atom. The lowest BCUT2D eigenvalue weighted by molar-refractivity contribution is -0.665. The maximum absolute atomic E-state index is 9.22. The molecule has 0 radical (unpaired) electrons. The minimum atomic E-state index is -4.41. The molecule has 2 aromatic rings. The zero-order valence-corrected chi connectivity index (χ0v) is 17.4. The number of ether oxygens (including phenoxy) is 1. The molecule has 2 rings (SSSR count). The van der Waals surface area contributed by atoms with Gasteiger partial charge in [0.2, 0.25) is 15.9 Å². The number of methoxy groups -OCH3 is 1. The van der Waals surface area contributed by atoms with Gasteiger partial charge in [0.05, 0.1) is 20.3 Å². The fraction of sp³-hybridized carbons (Fsp3) is 0.438. The Labute approximate surface area is 157 Å². The van der Waals surface area contributed by atoms with Crippen LogP contribution in [0.3, 0.4) is 0 Å². The Hall–Kier alpha value is -1.13. The Morgan fingerprint density at radius 1 is 1.36 bits per heavy atom. The monoisotopic (exact) mass is 405 g/mol. The van der Waals surface area contributed by atoms with Gasteiger partial charge in [-0.15, -0.1) is 11.8 Å². The first-order valence-corrected chi connectivity index (χ1v) is 10.9. The van der Waals surface area contributed by atoms with Crippen molar-refractivity contribution in [3.05, 3.63) is 28.1 Å². The molecule has 6 nitrogen and oxygen atoms in total. The summed E-state index contributed by atoms with van der Waals surface area (Å²) < 4.78 is 40.0. The molecule has 0 amide bonds. The van der Waals surface area contributed by atoms with Crippen LogP contribution in [0, 0.1) is 0 Å². The van der Waals surface area contributed by atoms with Gasteiger partial charge in [0.1, 0.15) is 17.0 Å². The molecule has 0 N–H and O–H groups in total. The van der Waals surface area contributed by atoms with Crippen LogP contribution >= 0.6 is 23.1 Å². The summed E-state index contributed by atoms with van der Waals surface area (Å²) in [5, 5.41) is 1.32. The summed E-state index contributed by atoms with van der Waals surface area (Å²) in [6.45, 7) is 5.37. The van der Waals surface area contributed by atoms with Crippen LogP contribution in [0.15, 0.2) is 23.1 Å². The lowest BCUT2D eigenvalue weighted by Gasteiger charge is -1.98. The lowest BCUT2D eigenvalue weighted by atomic mass is 10.3. The second-order valence-corrected chi connectivity index (χ2v) is 7.91. The second-order valence-electron chi connectivity index (χ2n) is 4.76. The van der Waals surface area contributed by atoms with Gasteiger partial charge in [0.25, 0.3) is 5.01 Å². The topological polar surface area (TPSA) is 79.5 Å². The number of allylic oxidation sites excluding steroid dienone is 1. The predicted molar refractivity (Wildman–Crippen MR) is 103 cm³/mol. The van der Waals surface area contributed by atoms with E-state index in [-0.39, 0.29) is 0 Å². The first kappa shape index (κ1) is 21.9. The van der Waals surface area contributed by atoms with E-state index in [2.05, 4.69) is 47.1 Å². The molecular formula is C16H23NO5S3. The third kappa shape index (κ3) is 6.59. The van der Waals surface area contributed by atoms with E-state index in [4.69, 9.17) is 4.74 Å². The van der Waals surface area contributed by atoms with Crippen LogP contribution in [0.5, 0.6) is 5.75 Å². The molecule has 9 heteroatoms. The van der Waals surface area contributed by atoms with Gasteiger partial charge in [0, 0.05) is 6.08 Å². The number of aryl methyl sites for hydroxylation is 1. The van der Waals surface area contributed by atoms with Crippen LogP contribution < -0.4 is 9.30 Å². The van der Waals surface area contributed by atoms with Gasteiger partial charge < -0.3 is 9.29 Å². The van der Waals surface area contributed by atoms with E-state index in [9.17, 15) is 13.0 Å². The molecule has 0 atom stereocenters. The molecule has 0 aliphatic carbocycles. The van der Waals surface area contributed by atoms with E-state index in [0.29, 0.717) is 0 Å². The smallest absolute Gasteiger partial charge is 0.263 e. The number of benzene rings is 1. The number of thioether (sulfide) groups is 1. The summed E-state index contributed by atoms with van der Waals surface area (Å²) in [6, 6.07) is 6.30. The van der Waals surface area contributed by atoms with E-state index in [1.807, 2.05) is 29.2 Å². The third-order valence-corrected chi connectivity index (χ3v) is 5.80. The van der Waals surface area contributed by atoms with Crippen molar-refractivity contribution in [2.45, 2.75) is 26.8 Å². The van der Waals surface area contributed by atoms with Gasteiger partial charge in [-0.3, -0.25) is 4.18 Å². The second kappa shape index (κ2) is 10.1. The van der Waals surface area contributed by atoms with Crippen molar-refractivity contribution in [1.82, 2.24) is 0 Å². The maximum atomic E-state index is 9.22. The average molecular weight is 406 g/mol. The van der Waals surface area contributed by atoms with Crippen LogP contribution in [0.25, 0.3) is 16.3 Å². The summed E-state index contributed by atoms with van der Waals surface area (Å²) in [5.74, 6) is 0.920. The number of aromatic nitrogens is 1. The molecule has 0 aliphatic heterocycles. The van der Waals surface area contributed by atoms with Crippen molar-refractivity contribution in [3.63, 3.8) is 0 Å². The minimum Gasteiger partial charge on any atom is -0.726 e. The summed E-state index contributed by atoms with van der Waals surface area (Å²) in [7, 11) is -1.89. The highest BCUT2D eigenvalue weighted by Crippen LogP contribution is 2.28. The van der Waals surface area contributed by atoms with Crippen molar-refractivity contribution in [2.75, 3.05) is 20.5 Å². The maximum Gasteiger partial charge on any atom is 0.263 e. The van der Waals surface area contributed by atoms with Crippen LogP contribution in [0.2, 0.25) is 0 Å². The Kier molecular flexibility index (Phi) is 8.87. The van der Waals surface area contributed by atoms with Crippen LogP contribution in [-0.2, 0) is 21.1 Å². The number of rotatable bonds is 6. The van der Waals surface area contributed by atoms with Crippen molar-refractivity contribution in [1.29, 1.82) is 0 Å². The van der Waals surface area contributed by atoms with Gasteiger partial charge in [-0.1, -0.05) is 18.3 Å². The molecule has 1 aromatic carbocycles. The molecule has 0 bridgehead atoms. The number of hydrogen-bond acceptors (Lipinski definition) is 7. The van der Waals surface area contributed by atoms with Crippen molar-refractivity contribution >= 4 is 49.8 Å². The minimum absolute atomic E-state index is 0.808. The van der Waals surface area contributed by atoms with Crippen LogP contribution in [0.4, 0.5) is 0 Å². The summed E-state index contributed by atoms with van der Waals surface area (Å²) in [4.78, 5) is 1.42. The SMILES string of the molecule is CC/C(=C\c1sc2ccc(OC)cc2[n+]1CC)SC.COS(=O)(=O)[O-]. The first-order valence-electron chi connectivity index (χ1n) is 7.55. The van der Waals surface area contributed by atoms with Gasteiger partial charge in [0.15, 0.2) is 0 Å². The number of nitrogens with zero attached hydrogens (tertiary/aromatic N) is 1. The highest BCUT2D eigenvalue weighted by molar-refractivity contribution is 8.02. The molecule has 0 fully saturated rings. The standard InChI is InChI=1S/C15H20NOS2.CH4O4S/c1-5-12(18-4)10-15-16(6-2)13-9-11(17-3)7-8-14(13)19-15;1-5-6(2,3)4/h7-10H,5-6H2,1-4H3;1H3,(H,2,3,4)/q+1;/p-1/b12-10+;. The quantitative estimate of drug-likeness (QED) is 0.416. The van der Waals surface area contributed by atoms with E-state index < -0.39 is 10.4 Å². The molecule has 25 heavy (non-hydrogen) atoms. The molecule has 0 saturated carbocycles. The molecule has 0 unspecified atom stereocenters. The Balaban J connectivity index is 0.000000450. The fourth-order valence-corrected chi connectivity index (χ4v) is 3.85. The van der Waals surface area contributed by atoms with Crippen molar-refractivity contribution in [2.24, 2.45) is 0 Å². The molecular weight excluding hydrogens is 382 g/mol. The number of thiazole rings is 1. The van der Waals surface area contributed by atoms with Crippen molar-refractivity contribution in [3.8, 4) is 5.75 Å². The highest BCUT2D eigenvalue weighted by atomic mass is 32.3. The normalized spacial score (nSPS) is 12.0. The fourth-order valence-electron chi connectivity index (χ4n) is 2.08. The summed E-state index contributed by atoms with van der Waals surface area (Å²) >= 11 is 3.68. The molecule has 1 heterocycles. The van der Waals surface area contributed by atoms with Gasteiger partial charge in [-0.05, 0) is 36.6 Å². The van der Waals surface area contributed by atoms with E-state index in [1.165, 1.54) is 20.1 Å².